The van der Waals surface area contributed by atoms with Crippen molar-refractivity contribution in [2.24, 2.45) is 0 Å². The molecule has 6 heterocycles. The molecule has 0 aliphatic heterocycles. The van der Waals surface area contributed by atoms with Crippen LogP contribution in [0.25, 0.3) is 224 Å². The molecule has 9 heteroatoms. The van der Waals surface area contributed by atoms with Gasteiger partial charge in [-0.1, -0.05) is 346 Å². The summed E-state index contributed by atoms with van der Waals surface area (Å²) in [5, 5.41) is 22.4. The van der Waals surface area contributed by atoms with Crippen LogP contribution in [0.15, 0.2) is 537 Å². The molecule has 0 saturated heterocycles. The van der Waals surface area contributed by atoms with Gasteiger partial charge in [-0.3, -0.25) is 0 Å². The highest BCUT2D eigenvalue weighted by atomic mass is 32.1. The quantitative estimate of drug-likeness (QED) is 0.102. The number of rotatable bonds is 15. The van der Waals surface area contributed by atoms with E-state index in [2.05, 4.69) is 518 Å². The Hall–Kier alpha value is -18.1. The van der Waals surface area contributed by atoms with Gasteiger partial charge in [0, 0.05) is 145 Å². The predicted octanol–water partition coefficient (Wildman–Crippen LogP) is 42.2. The van der Waals surface area contributed by atoms with Crippen LogP contribution in [0, 0.1) is 0 Å². The van der Waals surface area contributed by atoms with Crippen LogP contribution in [-0.2, 0) is 0 Å². The van der Waals surface area contributed by atoms with Gasteiger partial charge in [0.15, 0.2) is 0 Å². The van der Waals surface area contributed by atoms with E-state index in [9.17, 15) is 0 Å². The lowest BCUT2D eigenvalue weighted by molar-refractivity contribution is 0.669. The molecule has 30 aromatic rings. The number of furan rings is 2. The second-order valence-corrected chi connectivity index (χ2v) is 42.0. The molecule has 0 saturated carbocycles. The summed E-state index contributed by atoms with van der Waals surface area (Å²) in [6, 6.07) is 191. The number of benzene rings is 24. The lowest BCUT2D eigenvalue weighted by Crippen LogP contribution is -2.10. The third-order valence-corrected chi connectivity index (χ3v) is 33.6. The number of fused-ring (bicyclic) bond motifs is 21. The van der Waals surface area contributed by atoms with E-state index in [-0.39, 0.29) is 0 Å². The highest BCUT2D eigenvalue weighted by Gasteiger charge is 2.26. The molecule has 0 aliphatic carbocycles. The number of nitrogens with zero attached hydrogens (tertiary/aromatic N) is 3. The summed E-state index contributed by atoms with van der Waals surface area (Å²) in [5.74, 6) is 0. The van der Waals surface area contributed by atoms with Crippen LogP contribution < -0.4 is 14.7 Å². The standard InChI is InChI=1S/C46H29NO2.2C46H29NS2/c1-2-8-30(9-3-1)32-14-16-35-27-33(15-17-34(35)26-32)31-18-20-36(21-19-31)47(37-22-24-41-39-10-4-6-12-43(39)48-45(41)28-37)38-23-25-42-40-11-5-7-13-44(40)49-46(42)29-38;1-2-10-30(11-3-1)32-20-22-35-29-33(21-23-34(35)28-32)31-24-26-36(27-25-31)47(41-16-8-14-39-37-12-4-6-18-43(37)48-45(39)41)42-17-9-15-40-38-13-5-7-19-44(38)49-46(40)42;1-2-8-30(9-3-1)32-14-16-35-27-33(15-17-34(35)26-32)31-18-20-36(21-19-31)47(37-22-24-41-39-10-4-6-12-43(39)48-45(41)28-37)38-23-25-42-40-11-5-7-13-44(40)49-46(42)29-38/h3*1-29H. The first-order valence-electron chi connectivity index (χ1n) is 49.7. The molecule has 0 fully saturated rings. The van der Waals surface area contributed by atoms with E-state index < -0.39 is 0 Å². The van der Waals surface area contributed by atoms with E-state index in [4.69, 9.17) is 8.83 Å². The van der Waals surface area contributed by atoms with Crippen molar-refractivity contribution in [3.05, 3.63) is 528 Å². The normalized spacial score (nSPS) is 11.7. The summed E-state index contributed by atoms with van der Waals surface area (Å²) in [6.45, 7) is 0. The molecule has 0 aliphatic rings. The predicted molar refractivity (Wildman–Crippen MR) is 635 cm³/mol. The van der Waals surface area contributed by atoms with Crippen LogP contribution in [0.4, 0.5) is 51.2 Å². The summed E-state index contributed by atoms with van der Waals surface area (Å²) in [4.78, 5) is 7.15. The summed E-state index contributed by atoms with van der Waals surface area (Å²) in [5.41, 5.74) is 28.2. The zero-order valence-electron chi connectivity index (χ0n) is 79.5. The van der Waals surface area contributed by atoms with Gasteiger partial charge < -0.3 is 23.5 Å². The van der Waals surface area contributed by atoms with Crippen LogP contribution >= 0.6 is 45.3 Å². The Balaban J connectivity index is 0.000000107. The molecule has 0 N–H and O–H groups in total. The number of hydrogen-bond donors (Lipinski definition) is 0. The monoisotopic (exact) mass is 1950 g/mol. The Morgan fingerprint density at radius 3 is 0.694 bits per heavy atom. The van der Waals surface area contributed by atoms with Crippen LogP contribution in [0.3, 0.4) is 0 Å². The molecule has 0 unspecified atom stereocenters. The van der Waals surface area contributed by atoms with E-state index in [0.717, 1.165) is 83.7 Å². The van der Waals surface area contributed by atoms with Crippen molar-refractivity contribution in [3.8, 4) is 66.8 Å². The maximum absolute atomic E-state index is 6.32. The molecule has 0 spiro atoms. The maximum Gasteiger partial charge on any atom is 0.137 e. The minimum Gasteiger partial charge on any atom is -0.456 e. The number of para-hydroxylation sites is 2. The summed E-state index contributed by atoms with van der Waals surface area (Å²) in [7, 11) is 0. The highest BCUT2D eigenvalue weighted by Crippen LogP contribution is 2.52. The Kier molecular flexibility index (Phi) is 21.7. The Morgan fingerprint density at radius 2 is 0.361 bits per heavy atom. The van der Waals surface area contributed by atoms with E-state index in [1.165, 1.54) is 191 Å². The lowest BCUT2D eigenvalue weighted by Gasteiger charge is -2.27. The van der Waals surface area contributed by atoms with E-state index in [1.54, 1.807) is 0 Å². The van der Waals surface area contributed by atoms with Crippen molar-refractivity contribution in [1.29, 1.82) is 0 Å². The molecule has 690 valence electrons. The molecule has 24 aromatic carbocycles. The molecule has 147 heavy (non-hydrogen) atoms. The largest absolute Gasteiger partial charge is 0.456 e. The third-order valence-electron chi connectivity index (χ3n) is 28.9. The van der Waals surface area contributed by atoms with E-state index in [0.29, 0.717) is 0 Å². The molecule has 0 amide bonds. The molecule has 0 radical (unpaired) electrons. The Bertz CT molecular complexity index is 9620. The summed E-state index contributed by atoms with van der Waals surface area (Å²) >= 11 is 7.49. The van der Waals surface area contributed by atoms with Crippen molar-refractivity contribution >= 4 is 253 Å². The first kappa shape index (κ1) is 86.8. The second kappa shape index (κ2) is 36.7. The van der Waals surface area contributed by atoms with Gasteiger partial charge >= 0.3 is 0 Å². The fraction of sp³-hybridized carbons (Fsp3) is 0. The lowest BCUT2D eigenvalue weighted by atomic mass is 9.97. The van der Waals surface area contributed by atoms with Crippen LogP contribution in [0.5, 0.6) is 0 Å². The third kappa shape index (κ3) is 16.0. The number of hydrogen-bond acceptors (Lipinski definition) is 9. The average Bonchev–Trinajstić information content (AvgIpc) is 1.53. The molecular formula is C138H87N3O2S4. The SMILES string of the molecule is c1ccc(-c2ccc3cc(-c4ccc(N(c5ccc6c(c5)oc5ccccc56)c5ccc6c(c5)oc5ccccc56)cc4)ccc3c2)cc1.c1ccc(-c2ccc3cc(-c4ccc(N(c5ccc6c(c5)sc5ccccc56)c5ccc6c(c5)sc5ccccc56)cc4)ccc3c2)cc1.c1ccc(-c2ccc3cc(-c4ccc(N(c5cccc6c5sc5ccccc56)c5cccc6c5sc5ccccc56)cc4)ccc3c2)cc1. The molecule has 30 rings (SSSR count). The van der Waals surface area contributed by atoms with Crippen LogP contribution in [0.1, 0.15) is 0 Å². The van der Waals surface area contributed by atoms with Crippen molar-refractivity contribution in [3.63, 3.8) is 0 Å². The Morgan fingerprint density at radius 1 is 0.129 bits per heavy atom. The zero-order valence-corrected chi connectivity index (χ0v) is 82.8. The van der Waals surface area contributed by atoms with Crippen molar-refractivity contribution in [2.75, 3.05) is 14.7 Å². The number of anilines is 9. The smallest absolute Gasteiger partial charge is 0.137 e. The maximum atomic E-state index is 6.32. The van der Waals surface area contributed by atoms with Gasteiger partial charge in [0.1, 0.15) is 22.3 Å². The fourth-order valence-electron chi connectivity index (χ4n) is 21.6. The van der Waals surface area contributed by atoms with Crippen molar-refractivity contribution < 1.29 is 8.83 Å². The van der Waals surface area contributed by atoms with Crippen molar-refractivity contribution in [1.82, 2.24) is 0 Å². The first-order valence-corrected chi connectivity index (χ1v) is 53.0. The van der Waals surface area contributed by atoms with Gasteiger partial charge in [0.25, 0.3) is 0 Å². The highest BCUT2D eigenvalue weighted by molar-refractivity contribution is 7.27. The molecule has 6 aromatic heterocycles. The minimum absolute atomic E-state index is 0.858. The molecular weight excluding hydrogens is 1860 g/mol. The van der Waals surface area contributed by atoms with E-state index in [1.807, 2.05) is 69.6 Å². The minimum atomic E-state index is 0.858. The Labute approximate surface area is 864 Å². The fourth-order valence-corrected chi connectivity index (χ4v) is 26.3. The van der Waals surface area contributed by atoms with Gasteiger partial charge in [-0.25, -0.2) is 0 Å². The van der Waals surface area contributed by atoms with Gasteiger partial charge in [-0.05, 0) is 269 Å². The van der Waals surface area contributed by atoms with Gasteiger partial charge in [-0.2, -0.15) is 0 Å². The van der Waals surface area contributed by atoms with Gasteiger partial charge in [0.2, 0.25) is 0 Å². The van der Waals surface area contributed by atoms with E-state index >= 15 is 0 Å². The van der Waals surface area contributed by atoms with Crippen LogP contribution in [-0.4, -0.2) is 0 Å². The zero-order chi connectivity index (χ0) is 96.9. The molecule has 0 bridgehead atoms. The summed E-state index contributed by atoms with van der Waals surface area (Å²) < 4.78 is 23.1. The van der Waals surface area contributed by atoms with Gasteiger partial charge in [-0.15, -0.1) is 45.3 Å². The molecule has 5 nitrogen and oxygen atoms in total. The van der Waals surface area contributed by atoms with Crippen LogP contribution in [0.2, 0.25) is 0 Å². The average molecular weight is 1950 g/mol. The van der Waals surface area contributed by atoms with Crippen molar-refractivity contribution in [2.45, 2.75) is 0 Å². The number of thiophene rings is 4. The topological polar surface area (TPSA) is 36.0 Å². The second-order valence-electron chi connectivity index (χ2n) is 37.7. The first-order chi connectivity index (χ1) is 72.8. The summed E-state index contributed by atoms with van der Waals surface area (Å²) in [6.07, 6.45) is 0. The molecule has 0 atom stereocenters. The van der Waals surface area contributed by atoms with Gasteiger partial charge in [0.05, 0.1) is 20.8 Å².